The zero-order valence-electron chi connectivity index (χ0n) is 16.6. The first-order chi connectivity index (χ1) is 13.4. The fraction of sp³-hybridized carbons (Fsp3) is 0.350. The van der Waals surface area contributed by atoms with Gasteiger partial charge >= 0.3 is 0 Å². The Morgan fingerprint density at radius 1 is 1.00 bits per heavy atom. The minimum atomic E-state index is -3.49. The van der Waals surface area contributed by atoms with Gasteiger partial charge in [0.2, 0.25) is 10.0 Å². The number of hydrogen-bond acceptors (Lipinski definition) is 5. The summed E-state index contributed by atoms with van der Waals surface area (Å²) in [6.45, 7) is 4.71. The largest absolute Gasteiger partial charge is 0.497 e. The third-order valence-corrected chi connectivity index (χ3v) is 6.44. The Balaban J connectivity index is 2.09. The van der Waals surface area contributed by atoms with Crippen molar-refractivity contribution < 1.29 is 22.7 Å². The third-order valence-electron chi connectivity index (χ3n) is 4.37. The summed E-state index contributed by atoms with van der Waals surface area (Å²) in [5.41, 5.74) is 1.18. The van der Waals surface area contributed by atoms with Crippen LogP contribution in [0, 0.1) is 0 Å². The smallest absolute Gasteiger partial charge is 0.255 e. The molecule has 1 amide bonds. The summed E-state index contributed by atoms with van der Waals surface area (Å²) in [6.07, 6.45) is 0. The van der Waals surface area contributed by atoms with Gasteiger partial charge in [0.1, 0.15) is 11.5 Å². The Kier molecular flexibility index (Phi) is 7.42. The predicted octanol–water partition coefficient (Wildman–Crippen LogP) is 2.66. The molecule has 0 heterocycles. The zero-order chi connectivity index (χ0) is 20.7. The summed E-state index contributed by atoms with van der Waals surface area (Å²) in [6, 6.07) is 11.5. The number of benzene rings is 2. The van der Waals surface area contributed by atoms with Gasteiger partial charge in [0.25, 0.3) is 5.91 Å². The summed E-state index contributed by atoms with van der Waals surface area (Å²) in [5, 5.41) is 2.81. The summed E-state index contributed by atoms with van der Waals surface area (Å²) in [7, 11) is -0.463. The van der Waals surface area contributed by atoms with Crippen LogP contribution >= 0.6 is 0 Å². The molecule has 0 fully saturated rings. The van der Waals surface area contributed by atoms with E-state index in [0.717, 1.165) is 5.56 Å². The van der Waals surface area contributed by atoms with Crippen molar-refractivity contribution in [1.29, 1.82) is 0 Å². The predicted molar refractivity (Wildman–Crippen MR) is 107 cm³/mol. The molecular weight excluding hydrogens is 380 g/mol. The molecule has 0 atom stereocenters. The van der Waals surface area contributed by atoms with E-state index < -0.39 is 10.0 Å². The van der Waals surface area contributed by atoms with Crippen molar-refractivity contribution in [1.82, 2.24) is 9.62 Å². The first-order valence-corrected chi connectivity index (χ1v) is 10.4. The molecule has 152 valence electrons. The number of sulfonamides is 1. The van der Waals surface area contributed by atoms with Crippen LogP contribution in [-0.4, -0.2) is 45.9 Å². The van der Waals surface area contributed by atoms with E-state index in [1.807, 2.05) is 0 Å². The van der Waals surface area contributed by atoms with Crippen LogP contribution in [0.25, 0.3) is 0 Å². The summed E-state index contributed by atoms with van der Waals surface area (Å²) >= 11 is 0. The molecule has 0 aliphatic rings. The van der Waals surface area contributed by atoms with E-state index in [-0.39, 0.29) is 17.3 Å². The normalized spacial score (nSPS) is 11.3. The van der Waals surface area contributed by atoms with E-state index in [0.29, 0.717) is 30.2 Å². The van der Waals surface area contributed by atoms with Crippen LogP contribution in [0.1, 0.15) is 29.8 Å². The lowest BCUT2D eigenvalue weighted by molar-refractivity contribution is 0.0948. The lowest BCUT2D eigenvalue weighted by Gasteiger charge is -2.18. The molecule has 0 radical (unpaired) electrons. The number of carbonyl (C=O) groups excluding carboxylic acids is 1. The Hall–Kier alpha value is -2.58. The highest BCUT2D eigenvalue weighted by Gasteiger charge is 2.21. The molecule has 1 N–H and O–H groups in total. The quantitative estimate of drug-likeness (QED) is 0.692. The van der Waals surface area contributed by atoms with Crippen molar-refractivity contribution in [2.24, 2.45) is 0 Å². The van der Waals surface area contributed by atoms with Gasteiger partial charge in [-0.05, 0) is 29.8 Å². The Labute approximate surface area is 166 Å². The highest BCUT2D eigenvalue weighted by molar-refractivity contribution is 7.89. The maximum Gasteiger partial charge on any atom is 0.255 e. The number of rotatable bonds is 9. The molecule has 8 heteroatoms. The molecule has 0 aliphatic heterocycles. The lowest BCUT2D eigenvalue weighted by atomic mass is 10.1. The average molecular weight is 407 g/mol. The van der Waals surface area contributed by atoms with Crippen LogP contribution in [0.2, 0.25) is 0 Å². The lowest BCUT2D eigenvalue weighted by Crippen LogP contribution is -2.30. The van der Waals surface area contributed by atoms with Crippen LogP contribution in [0.4, 0.5) is 0 Å². The van der Waals surface area contributed by atoms with E-state index in [1.54, 1.807) is 63.4 Å². The molecule has 28 heavy (non-hydrogen) atoms. The molecule has 2 aromatic rings. The molecule has 0 aliphatic carbocycles. The first-order valence-electron chi connectivity index (χ1n) is 8.96. The number of hydrogen-bond donors (Lipinski definition) is 1. The summed E-state index contributed by atoms with van der Waals surface area (Å²) < 4.78 is 36.8. The van der Waals surface area contributed by atoms with E-state index in [9.17, 15) is 13.2 Å². The van der Waals surface area contributed by atoms with Crippen molar-refractivity contribution in [3.05, 3.63) is 53.6 Å². The average Bonchev–Trinajstić information content (AvgIpc) is 2.72. The van der Waals surface area contributed by atoms with Crippen molar-refractivity contribution in [2.75, 3.05) is 27.3 Å². The zero-order valence-corrected chi connectivity index (χ0v) is 17.4. The van der Waals surface area contributed by atoms with Crippen LogP contribution < -0.4 is 14.8 Å². The van der Waals surface area contributed by atoms with Crippen LogP contribution in [0.5, 0.6) is 11.5 Å². The molecular formula is C20H26N2O5S. The molecule has 0 aromatic heterocycles. The highest BCUT2D eigenvalue weighted by atomic mass is 32.2. The van der Waals surface area contributed by atoms with Gasteiger partial charge in [-0.2, -0.15) is 4.31 Å². The molecule has 0 spiro atoms. The second-order valence-corrected chi connectivity index (χ2v) is 7.92. The van der Waals surface area contributed by atoms with Crippen LogP contribution in [0.3, 0.4) is 0 Å². The fourth-order valence-electron chi connectivity index (χ4n) is 2.76. The number of nitrogens with one attached hydrogen (secondary N) is 1. The van der Waals surface area contributed by atoms with Crippen molar-refractivity contribution in [3.8, 4) is 11.5 Å². The van der Waals surface area contributed by atoms with Gasteiger partial charge in [0, 0.05) is 25.7 Å². The maximum atomic E-state index is 12.5. The Bertz CT molecular complexity index is 907. The van der Waals surface area contributed by atoms with Gasteiger partial charge in [0.05, 0.1) is 24.7 Å². The topological polar surface area (TPSA) is 84.9 Å². The van der Waals surface area contributed by atoms with E-state index in [2.05, 4.69) is 5.32 Å². The van der Waals surface area contributed by atoms with Gasteiger partial charge < -0.3 is 14.8 Å². The molecule has 0 bridgehead atoms. The standard InChI is InChI=1S/C20H26N2O5S/c1-5-22(6-2)28(24,25)17-10-7-15(8-11-17)14-21-20(23)18-12-9-16(26-3)13-19(18)27-4/h7-13H,5-6,14H2,1-4H3,(H,21,23). The Morgan fingerprint density at radius 2 is 1.64 bits per heavy atom. The van der Waals surface area contributed by atoms with Gasteiger partial charge in [-0.25, -0.2) is 8.42 Å². The first kappa shape index (κ1) is 21.7. The monoisotopic (exact) mass is 406 g/mol. The van der Waals surface area contributed by atoms with Gasteiger partial charge in [0.15, 0.2) is 0 Å². The molecule has 0 saturated carbocycles. The Morgan fingerprint density at radius 3 is 2.18 bits per heavy atom. The van der Waals surface area contributed by atoms with Crippen molar-refractivity contribution in [2.45, 2.75) is 25.3 Å². The van der Waals surface area contributed by atoms with Gasteiger partial charge in [-0.3, -0.25) is 4.79 Å². The van der Waals surface area contributed by atoms with Crippen LogP contribution in [0.15, 0.2) is 47.4 Å². The van der Waals surface area contributed by atoms with Crippen molar-refractivity contribution >= 4 is 15.9 Å². The second-order valence-electron chi connectivity index (χ2n) is 5.98. The number of amides is 1. The maximum absolute atomic E-state index is 12.5. The van der Waals surface area contributed by atoms with E-state index >= 15 is 0 Å². The van der Waals surface area contributed by atoms with Crippen molar-refractivity contribution in [3.63, 3.8) is 0 Å². The SMILES string of the molecule is CCN(CC)S(=O)(=O)c1ccc(CNC(=O)c2ccc(OC)cc2OC)cc1. The van der Waals surface area contributed by atoms with Crippen LogP contribution in [-0.2, 0) is 16.6 Å². The molecule has 7 nitrogen and oxygen atoms in total. The molecule has 0 saturated heterocycles. The third kappa shape index (κ3) is 4.82. The fourth-order valence-corrected chi connectivity index (χ4v) is 4.21. The highest BCUT2D eigenvalue weighted by Crippen LogP contribution is 2.24. The number of carbonyl (C=O) groups is 1. The molecule has 0 unspecified atom stereocenters. The van der Waals surface area contributed by atoms with E-state index in [4.69, 9.17) is 9.47 Å². The minimum Gasteiger partial charge on any atom is -0.497 e. The number of methoxy groups -OCH3 is 2. The van der Waals surface area contributed by atoms with E-state index in [1.165, 1.54) is 11.4 Å². The number of ether oxygens (including phenoxy) is 2. The number of nitrogens with zero attached hydrogens (tertiary/aromatic N) is 1. The molecule has 2 aromatic carbocycles. The summed E-state index contributed by atoms with van der Waals surface area (Å²) in [5.74, 6) is 0.718. The van der Waals surface area contributed by atoms with Gasteiger partial charge in [-0.1, -0.05) is 26.0 Å². The molecule has 2 rings (SSSR count). The van der Waals surface area contributed by atoms with Gasteiger partial charge in [-0.15, -0.1) is 0 Å². The summed E-state index contributed by atoms with van der Waals surface area (Å²) in [4.78, 5) is 12.7. The second kappa shape index (κ2) is 9.57. The minimum absolute atomic E-state index is 0.239.